The Morgan fingerprint density at radius 2 is 1.86 bits per heavy atom. The van der Waals surface area contributed by atoms with Crippen LogP contribution in [0.3, 0.4) is 0 Å². The van der Waals surface area contributed by atoms with Crippen LogP contribution >= 0.6 is 11.8 Å². The van der Waals surface area contributed by atoms with Gasteiger partial charge in [-0.15, -0.1) is 0 Å². The molecule has 0 aliphatic carbocycles. The molecule has 0 saturated carbocycles. The Bertz CT molecular complexity index is 104. The molecule has 0 heterocycles. The lowest BCUT2D eigenvalue weighted by molar-refractivity contribution is 0.628. The van der Waals surface area contributed by atoms with Gasteiger partial charge in [0, 0.05) is 0 Å². The van der Waals surface area contributed by atoms with Gasteiger partial charge in [-0.2, -0.15) is 11.8 Å². The SMILES string of the molecule is CCCNCCCCSCCC(C)C. The molecular weight excluding hydrogens is 190 g/mol. The van der Waals surface area contributed by atoms with Crippen LogP contribution < -0.4 is 5.32 Å². The van der Waals surface area contributed by atoms with Crippen molar-refractivity contribution in [3.8, 4) is 0 Å². The monoisotopic (exact) mass is 217 g/mol. The van der Waals surface area contributed by atoms with Gasteiger partial charge >= 0.3 is 0 Å². The summed E-state index contributed by atoms with van der Waals surface area (Å²) in [6.07, 6.45) is 5.34. The molecule has 0 radical (unpaired) electrons. The van der Waals surface area contributed by atoms with Crippen LogP contribution in [0.2, 0.25) is 0 Å². The van der Waals surface area contributed by atoms with E-state index in [1.807, 2.05) is 0 Å². The largest absolute Gasteiger partial charge is 0.317 e. The molecule has 0 aliphatic rings. The highest BCUT2D eigenvalue weighted by Crippen LogP contribution is 2.10. The van der Waals surface area contributed by atoms with Crippen molar-refractivity contribution in [3.05, 3.63) is 0 Å². The molecule has 0 spiro atoms. The molecule has 1 nitrogen and oxygen atoms in total. The Balaban J connectivity index is 2.85. The fourth-order valence-electron chi connectivity index (χ4n) is 1.18. The van der Waals surface area contributed by atoms with Crippen LogP contribution in [-0.2, 0) is 0 Å². The second-order valence-corrected chi connectivity index (χ2v) is 5.48. The van der Waals surface area contributed by atoms with Gasteiger partial charge in [-0.3, -0.25) is 0 Å². The predicted molar refractivity (Wildman–Crippen MR) is 69.2 cm³/mol. The van der Waals surface area contributed by atoms with E-state index in [1.54, 1.807) is 0 Å². The van der Waals surface area contributed by atoms with Crippen molar-refractivity contribution in [2.45, 2.75) is 46.5 Å². The van der Waals surface area contributed by atoms with Gasteiger partial charge in [0.1, 0.15) is 0 Å². The van der Waals surface area contributed by atoms with E-state index >= 15 is 0 Å². The smallest absolute Gasteiger partial charge is 0.00486 e. The maximum Gasteiger partial charge on any atom is -0.00486 e. The van der Waals surface area contributed by atoms with Gasteiger partial charge < -0.3 is 5.32 Å². The van der Waals surface area contributed by atoms with E-state index < -0.39 is 0 Å². The molecule has 14 heavy (non-hydrogen) atoms. The summed E-state index contributed by atoms with van der Waals surface area (Å²) in [7, 11) is 0. The van der Waals surface area contributed by atoms with Gasteiger partial charge in [-0.1, -0.05) is 20.8 Å². The molecule has 0 bridgehead atoms. The zero-order chi connectivity index (χ0) is 10.6. The molecular formula is C12H27NS. The summed E-state index contributed by atoms with van der Waals surface area (Å²) in [5.74, 6) is 3.56. The zero-order valence-electron chi connectivity index (χ0n) is 10.1. The Morgan fingerprint density at radius 1 is 1.07 bits per heavy atom. The highest BCUT2D eigenvalue weighted by Gasteiger charge is 1.94. The summed E-state index contributed by atoms with van der Waals surface area (Å²) in [4.78, 5) is 0. The molecule has 0 aromatic rings. The molecule has 0 rings (SSSR count). The minimum absolute atomic E-state index is 0.869. The van der Waals surface area contributed by atoms with Crippen LogP contribution in [0.4, 0.5) is 0 Å². The molecule has 0 aromatic heterocycles. The fraction of sp³-hybridized carbons (Fsp3) is 1.00. The number of rotatable bonds is 10. The Kier molecular flexibility index (Phi) is 11.6. The maximum atomic E-state index is 3.43. The fourth-order valence-corrected chi connectivity index (χ4v) is 2.43. The van der Waals surface area contributed by atoms with E-state index in [0.29, 0.717) is 0 Å². The van der Waals surface area contributed by atoms with Gasteiger partial charge in [0.2, 0.25) is 0 Å². The topological polar surface area (TPSA) is 12.0 Å². The highest BCUT2D eigenvalue weighted by molar-refractivity contribution is 7.99. The Morgan fingerprint density at radius 3 is 2.50 bits per heavy atom. The Hall–Kier alpha value is 0.310. The predicted octanol–water partition coefficient (Wildman–Crippen LogP) is 3.55. The summed E-state index contributed by atoms with van der Waals surface area (Å²) in [5, 5.41) is 3.43. The summed E-state index contributed by atoms with van der Waals surface area (Å²) < 4.78 is 0. The summed E-state index contributed by atoms with van der Waals surface area (Å²) in [6.45, 7) is 9.21. The number of thioether (sulfide) groups is 1. The van der Waals surface area contributed by atoms with Crippen molar-refractivity contribution in [2.24, 2.45) is 5.92 Å². The summed E-state index contributed by atoms with van der Waals surface area (Å²) in [5.41, 5.74) is 0. The molecule has 0 saturated heterocycles. The van der Waals surface area contributed by atoms with Crippen LogP contribution in [0.1, 0.15) is 46.5 Å². The lowest BCUT2D eigenvalue weighted by atomic mass is 10.2. The molecule has 1 N–H and O–H groups in total. The molecule has 0 fully saturated rings. The molecule has 0 atom stereocenters. The third kappa shape index (κ3) is 12.3. The zero-order valence-corrected chi connectivity index (χ0v) is 11.0. The lowest BCUT2D eigenvalue weighted by Crippen LogP contribution is -2.15. The van der Waals surface area contributed by atoms with Crippen LogP contribution in [0.5, 0.6) is 0 Å². The number of unbranched alkanes of at least 4 members (excludes halogenated alkanes) is 1. The average Bonchev–Trinajstić information content (AvgIpc) is 2.15. The number of hydrogen-bond donors (Lipinski definition) is 1. The van der Waals surface area contributed by atoms with E-state index in [0.717, 1.165) is 5.92 Å². The van der Waals surface area contributed by atoms with E-state index in [2.05, 4.69) is 37.8 Å². The molecule has 0 aromatic carbocycles. The number of hydrogen-bond acceptors (Lipinski definition) is 2. The molecule has 86 valence electrons. The molecule has 2 heteroatoms. The third-order valence-corrected chi connectivity index (χ3v) is 3.26. The van der Waals surface area contributed by atoms with Crippen molar-refractivity contribution < 1.29 is 0 Å². The van der Waals surface area contributed by atoms with Gasteiger partial charge in [-0.25, -0.2) is 0 Å². The Labute approximate surface area is 94.4 Å². The van der Waals surface area contributed by atoms with Crippen LogP contribution in [0.15, 0.2) is 0 Å². The normalized spacial score (nSPS) is 11.1. The van der Waals surface area contributed by atoms with Crippen LogP contribution in [0.25, 0.3) is 0 Å². The van der Waals surface area contributed by atoms with Crippen molar-refractivity contribution in [1.29, 1.82) is 0 Å². The van der Waals surface area contributed by atoms with Crippen molar-refractivity contribution in [2.75, 3.05) is 24.6 Å². The second kappa shape index (κ2) is 11.4. The highest BCUT2D eigenvalue weighted by atomic mass is 32.2. The first-order valence-electron chi connectivity index (χ1n) is 6.05. The first kappa shape index (κ1) is 14.3. The first-order valence-corrected chi connectivity index (χ1v) is 7.21. The van der Waals surface area contributed by atoms with E-state index in [9.17, 15) is 0 Å². The number of nitrogens with one attached hydrogen (secondary N) is 1. The van der Waals surface area contributed by atoms with Gasteiger partial charge in [0.25, 0.3) is 0 Å². The van der Waals surface area contributed by atoms with E-state index in [1.165, 1.54) is 50.3 Å². The maximum absolute atomic E-state index is 3.43. The third-order valence-electron chi connectivity index (χ3n) is 2.16. The molecule has 0 aliphatic heterocycles. The van der Waals surface area contributed by atoms with Crippen molar-refractivity contribution >= 4 is 11.8 Å². The standard InChI is InChI=1S/C12H27NS/c1-4-8-13-9-5-6-10-14-11-7-12(2)3/h12-13H,4-11H2,1-3H3. The first-order chi connectivity index (χ1) is 6.77. The second-order valence-electron chi connectivity index (χ2n) is 4.25. The van der Waals surface area contributed by atoms with Gasteiger partial charge in [-0.05, 0) is 56.2 Å². The van der Waals surface area contributed by atoms with E-state index in [-0.39, 0.29) is 0 Å². The van der Waals surface area contributed by atoms with Crippen molar-refractivity contribution in [1.82, 2.24) is 5.32 Å². The average molecular weight is 217 g/mol. The van der Waals surface area contributed by atoms with E-state index in [4.69, 9.17) is 0 Å². The minimum atomic E-state index is 0.869. The molecule has 0 amide bonds. The summed E-state index contributed by atoms with van der Waals surface area (Å²) >= 11 is 2.12. The van der Waals surface area contributed by atoms with Crippen LogP contribution in [-0.4, -0.2) is 24.6 Å². The van der Waals surface area contributed by atoms with Gasteiger partial charge in [0.05, 0.1) is 0 Å². The quantitative estimate of drug-likeness (QED) is 0.562. The molecule has 0 unspecified atom stereocenters. The minimum Gasteiger partial charge on any atom is -0.317 e. The van der Waals surface area contributed by atoms with Crippen LogP contribution in [0, 0.1) is 5.92 Å². The van der Waals surface area contributed by atoms with Gasteiger partial charge in [0.15, 0.2) is 0 Å². The lowest BCUT2D eigenvalue weighted by Gasteiger charge is -2.05. The van der Waals surface area contributed by atoms with Crippen molar-refractivity contribution in [3.63, 3.8) is 0 Å². The summed E-state index contributed by atoms with van der Waals surface area (Å²) in [6, 6.07) is 0.